The summed E-state index contributed by atoms with van der Waals surface area (Å²) in [6, 6.07) is 3.69. The number of thioether (sulfide) groups is 1. The van der Waals surface area contributed by atoms with Crippen LogP contribution in [0.4, 0.5) is 5.82 Å². The molecule has 1 aromatic heterocycles. The molecule has 1 unspecified atom stereocenters. The van der Waals surface area contributed by atoms with Crippen LogP contribution in [0.1, 0.15) is 43.0 Å². The highest BCUT2D eigenvalue weighted by Gasteiger charge is 2.60. The lowest BCUT2D eigenvalue weighted by atomic mass is 10.2. The molecule has 3 atom stereocenters. The summed E-state index contributed by atoms with van der Waals surface area (Å²) in [7, 11) is 1.45. The second-order valence-electron chi connectivity index (χ2n) is 7.92. The van der Waals surface area contributed by atoms with E-state index in [0.717, 1.165) is 36.8 Å². The zero-order chi connectivity index (χ0) is 19.8. The van der Waals surface area contributed by atoms with E-state index in [0.29, 0.717) is 28.4 Å². The standard InChI is InChI=1S/C21H26N2O4S/c1-12(2)27-20(24)14-8-9-17(22-19(14)28-13-6-4-5-7-13)23-10-15-16(11-23)18(15)21(25)26-3/h8-9,13,15-16,18H,1,4-7,10-11H2,2-3H3/t15-,16+,18?. The second-order valence-corrected chi connectivity index (χ2v) is 9.21. The van der Waals surface area contributed by atoms with Gasteiger partial charge in [-0.2, -0.15) is 0 Å². The molecule has 7 heteroatoms. The number of anilines is 1. The van der Waals surface area contributed by atoms with Gasteiger partial charge in [-0.05, 0) is 43.7 Å². The number of nitrogens with zero attached hydrogens (tertiary/aromatic N) is 2. The molecule has 2 heterocycles. The van der Waals surface area contributed by atoms with Crippen LogP contribution < -0.4 is 4.90 Å². The highest BCUT2D eigenvalue weighted by atomic mass is 32.2. The molecule has 2 aliphatic carbocycles. The molecule has 1 aromatic rings. The number of esters is 2. The average molecular weight is 403 g/mol. The molecule has 0 amide bonds. The number of carbonyl (C=O) groups is 2. The highest BCUT2D eigenvalue weighted by Crippen LogP contribution is 2.53. The number of hydrogen-bond acceptors (Lipinski definition) is 7. The van der Waals surface area contributed by atoms with Crippen molar-refractivity contribution in [1.82, 2.24) is 4.98 Å². The number of fused-ring (bicyclic) bond motifs is 1. The molecule has 0 bridgehead atoms. The Balaban J connectivity index is 1.52. The molecule has 3 fully saturated rings. The summed E-state index contributed by atoms with van der Waals surface area (Å²) in [4.78, 5) is 31.3. The van der Waals surface area contributed by atoms with E-state index in [1.165, 1.54) is 20.0 Å². The lowest BCUT2D eigenvalue weighted by molar-refractivity contribution is -0.142. The zero-order valence-corrected chi connectivity index (χ0v) is 17.2. The number of rotatable bonds is 6. The van der Waals surface area contributed by atoms with Crippen LogP contribution in [-0.4, -0.2) is 42.4 Å². The van der Waals surface area contributed by atoms with E-state index in [4.69, 9.17) is 14.5 Å². The van der Waals surface area contributed by atoms with Crippen LogP contribution in [0.5, 0.6) is 0 Å². The Labute approximate surface area is 169 Å². The van der Waals surface area contributed by atoms with Crippen LogP contribution in [0.15, 0.2) is 29.5 Å². The molecule has 1 saturated heterocycles. The summed E-state index contributed by atoms with van der Waals surface area (Å²) >= 11 is 1.68. The van der Waals surface area contributed by atoms with Gasteiger partial charge >= 0.3 is 11.9 Å². The molecule has 4 rings (SSSR count). The van der Waals surface area contributed by atoms with Crippen LogP contribution in [0.2, 0.25) is 0 Å². The summed E-state index contributed by atoms with van der Waals surface area (Å²) in [6.07, 6.45) is 4.76. The largest absolute Gasteiger partial charge is 0.469 e. The first kappa shape index (κ1) is 19.3. The Morgan fingerprint density at radius 3 is 2.50 bits per heavy atom. The summed E-state index contributed by atoms with van der Waals surface area (Å²) in [6.45, 7) is 6.94. The fraction of sp³-hybridized carbons (Fsp3) is 0.571. The molecule has 0 spiro atoms. The van der Waals surface area contributed by atoms with Gasteiger partial charge in [0.05, 0.1) is 24.4 Å². The minimum Gasteiger partial charge on any atom is -0.469 e. The Hall–Kier alpha value is -2.02. The van der Waals surface area contributed by atoms with E-state index >= 15 is 0 Å². The molecule has 0 aromatic carbocycles. The number of aromatic nitrogens is 1. The first-order chi connectivity index (χ1) is 13.5. The van der Waals surface area contributed by atoms with E-state index in [-0.39, 0.29) is 11.9 Å². The molecule has 2 saturated carbocycles. The van der Waals surface area contributed by atoms with E-state index in [1.807, 2.05) is 12.1 Å². The van der Waals surface area contributed by atoms with Gasteiger partial charge in [0.25, 0.3) is 0 Å². The number of methoxy groups -OCH3 is 1. The Bertz CT molecular complexity index is 794. The molecule has 1 aliphatic heterocycles. The predicted molar refractivity (Wildman–Crippen MR) is 107 cm³/mol. The van der Waals surface area contributed by atoms with Crippen LogP contribution in [0, 0.1) is 17.8 Å². The van der Waals surface area contributed by atoms with Crippen molar-refractivity contribution in [2.24, 2.45) is 17.8 Å². The van der Waals surface area contributed by atoms with E-state index in [1.54, 1.807) is 18.7 Å². The van der Waals surface area contributed by atoms with Crippen LogP contribution in [0.25, 0.3) is 0 Å². The van der Waals surface area contributed by atoms with Crippen molar-refractivity contribution in [1.29, 1.82) is 0 Å². The topological polar surface area (TPSA) is 68.7 Å². The van der Waals surface area contributed by atoms with Gasteiger partial charge in [0.1, 0.15) is 10.8 Å². The number of pyridine rings is 1. The molecule has 150 valence electrons. The van der Waals surface area contributed by atoms with Crippen LogP contribution in [0.3, 0.4) is 0 Å². The van der Waals surface area contributed by atoms with Crippen molar-refractivity contribution < 1.29 is 19.1 Å². The van der Waals surface area contributed by atoms with E-state index in [9.17, 15) is 9.59 Å². The quantitative estimate of drug-likeness (QED) is 0.531. The number of allylic oxidation sites excluding steroid dienone is 1. The number of ether oxygens (including phenoxy) is 2. The summed E-state index contributed by atoms with van der Waals surface area (Å²) in [5.41, 5.74) is 0.500. The molecule has 6 nitrogen and oxygen atoms in total. The molecular formula is C21H26N2O4S. The predicted octanol–water partition coefficient (Wildman–Crippen LogP) is 3.66. The van der Waals surface area contributed by atoms with E-state index in [2.05, 4.69) is 11.5 Å². The van der Waals surface area contributed by atoms with Crippen molar-refractivity contribution >= 4 is 29.5 Å². The zero-order valence-electron chi connectivity index (χ0n) is 16.3. The number of piperidine rings is 1. The minimum atomic E-state index is -0.401. The minimum absolute atomic E-state index is 0.0402. The van der Waals surface area contributed by atoms with Gasteiger partial charge in [-0.15, -0.1) is 11.8 Å². The van der Waals surface area contributed by atoms with Gasteiger partial charge < -0.3 is 14.4 Å². The summed E-state index contributed by atoms with van der Waals surface area (Å²) in [5, 5.41) is 1.23. The fourth-order valence-corrected chi connectivity index (χ4v) is 5.74. The Morgan fingerprint density at radius 1 is 1.21 bits per heavy atom. The smallest absolute Gasteiger partial charge is 0.345 e. The molecule has 0 N–H and O–H groups in total. The van der Waals surface area contributed by atoms with Crippen LogP contribution in [-0.2, 0) is 14.3 Å². The van der Waals surface area contributed by atoms with Gasteiger partial charge in [-0.3, -0.25) is 4.79 Å². The molecule has 0 radical (unpaired) electrons. The Kier molecular flexibility index (Phi) is 5.36. The monoisotopic (exact) mass is 402 g/mol. The lowest BCUT2D eigenvalue weighted by Gasteiger charge is -2.22. The van der Waals surface area contributed by atoms with Crippen molar-refractivity contribution in [2.45, 2.75) is 42.9 Å². The molecule has 3 aliphatic rings. The van der Waals surface area contributed by atoms with E-state index < -0.39 is 5.97 Å². The third-order valence-corrected chi connectivity index (χ3v) is 7.24. The maximum Gasteiger partial charge on any atom is 0.345 e. The highest BCUT2D eigenvalue weighted by molar-refractivity contribution is 7.99. The lowest BCUT2D eigenvalue weighted by Crippen LogP contribution is -2.27. The third-order valence-electron chi connectivity index (χ3n) is 5.90. The SMILES string of the molecule is C=C(C)OC(=O)c1ccc(N2C[C@@H]3C(C(=O)OC)[C@@H]3C2)nc1SC1CCCC1. The van der Waals surface area contributed by atoms with Gasteiger partial charge in [0, 0.05) is 18.3 Å². The average Bonchev–Trinajstić information content (AvgIpc) is 3.04. The van der Waals surface area contributed by atoms with Crippen molar-refractivity contribution in [3.63, 3.8) is 0 Å². The van der Waals surface area contributed by atoms with Gasteiger partial charge in [0.15, 0.2) is 0 Å². The normalized spacial score (nSPS) is 26.1. The van der Waals surface area contributed by atoms with Gasteiger partial charge in [-0.25, -0.2) is 9.78 Å². The first-order valence-electron chi connectivity index (χ1n) is 9.86. The molecular weight excluding hydrogens is 376 g/mol. The summed E-state index contributed by atoms with van der Waals surface area (Å²) in [5.74, 6) is 1.49. The van der Waals surface area contributed by atoms with Gasteiger partial charge in [-0.1, -0.05) is 19.4 Å². The fourth-order valence-electron chi connectivity index (χ4n) is 4.43. The Morgan fingerprint density at radius 2 is 1.89 bits per heavy atom. The van der Waals surface area contributed by atoms with Gasteiger partial charge in [0.2, 0.25) is 0 Å². The second kappa shape index (κ2) is 7.78. The summed E-state index contributed by atoms with van der Waals surface area (Å²) < 4.78 is 10.1. The van der Waals surface area contributed by atoms with Crippen LogP contribution >= 0.6 is 11.8 Å². The van der Waals surface area contributed by atoms with Crippen molar-refractivity contribution in [3.8, 4) is 0 Å². The first-order valence-corrected chi connectivity index (χ1v) is 10.7. The number of hydrogen-bond donors (Lipinski definition) is 0. The molecule has 28 heavy (non-hydrogen) atoms. The van der Waals surface area contributed by atoms with Crippen molar-refractivity contribution in [3.05, 3.63) is 30.0 Å². The number of carbonyl (C=O) groups excluding carboxylic acids is 2. The maximum absolute atomic E-state index is 12.5. The third kappa shape index (κ3) is 3.77. The maximum atomic E-state index is 12.5. The van der Waals surface area contributed by atoms with Crippen molar-refractivity contribution in [2.75, 3.05) is 25.1 Å².